The zero-order valence-electron chi connectivity index (χ0n) is 17.8. The van der Waals surface area contributed by atoms with E-state index in [9.17, 15) is 14.4 Å². The van der Waals surface area contributed by atoms with Crippen molar-refractivity contribution in [1.82, 2.24) is 5.32 Å². The SMILES string of the molecule is COC(=O)c1ccccc1C(=O)OCC(=O)NCCC(c1ccccc1)c1ccccc1. The molecular weight excluding hydrogens is 406 g/mol. The molecule has 0 saturated heterocycles. The van der Waals surface area contributed by atoms with Crippen molar-refractivity contribution in [3.05, 3.63) is 107 Å². The molecule has 0 aliphatic carbocycles. The summed E-state index contributed by atoms with van der Waals surface area (Å²) in [6, 6.07) is 26.4. The van der Waals surface area contributed by atoms with E-state index in [-0.39, 0.29) is 17.0 Å². The number of benzene rings is 3. The first kappa shape index (κ1) is 22.7. The van der Waals surface area contributed by atoms with E-state index in [1.54, 1.807) is 12.1 Å². The van der Waals surface area contributed by atoms with Crippen LogP contribution in [0.25, 0.3) is 0 Å². The topological polar surface area (TPSA) is 81.7 Å². The number of carbonyl (C=O) groups is 3. The molecule has 164 valence electrons. The highest BCUT2D eigenvalue weighted by Crippen LogP contribution is 2.27. The lowest BCUT2D eigenvalue weighted by Crippen LogP contribution is -2.30. The number of hydrogen-bond donors (Lipinski definition) is 1. The Morgan fingerprint density at radius 3 is 1.78 bits per heavy atom. The fourth-order valence-corrected chi connectivity index (χ4v) is 3.46. The molecule has 0 bridgehead atoms. The summed E-state index contributed by atoms with van der Waals surface area (Å²) >= 11 is 0. The van der Waals surface area contributed by atoms with E-state index in [0.29, 0.717) is 13.0 Å². The summed E-state index contributed by atoms with van der Waals surface area (Å²) in [7, 11) is 1.23. The highest BCUT2D eigenvalue weighted by molar-refractivity contribution is 6.03. The predicted octanol–water partition coefficient (Wildman–Crippen LogP) is 3.97. The maximum atomic E-state index is 12.3. The predicted molar refractivity (Wildman–Crippen MR) is 120 cm³/mol. The molecule has 6 heteroatoms. The highest BCUT2D eigenvalue weighted by atomic mass is 16.5. The standard InChI is InChI=1S/C26H25NO5/c1-31-25(29)22-14-8-9-15-23(22)26(30)32-18-24(28)27-17-16-21(19-10-4-2-5-11-19)20-12-6-3-7-13-20/h2-15,21H,16-18H2,1H3,(H,27,28). The van der Waals surface area contributed by atoms with Gasteiger partial charge in [0.15, 0.2) is 6.61 Å². The zero-order chi connectivity index (χ0) is 22.8. The molecule has 0 saturated carbocycles. The van der Waals surface area contributed by atoms with Gasteiger partial charge < -0.3 is 14.8 Å². The highest BCUT2D eigenvalue weighted by Gasteiger charge is 2.19. The molecule has 0 atom stereocenters. The molecule has 0 aliphatic heterocycles. The third-order valence-corrected chi connectivity index (χ3v) is 5.05. The largest absolute Gasteiger partial charge is 0.465 e. The summed E-state index contributed by atoms with van der Waals surface area (Å²) in [5.41, 5.74) is 2.48. The lowest BCUT2D eigenvalue weighted by Gasteiger charge is -2.18. The van der Waals surface area contributed by atoms with Gasteiger partial charge in [0.25, 0.3) is 5.91 Å². The van der Waals surface area contributed by atoms with E-state index in [0.717, 1.165) is 0 Å². The van der Waals surface area contributed by atoms with Gasteiger partial charge in [0.1, 0.15) is 0 Å². The van der Waals surface area contributed by atoms with E-state index in [1.165, 1.54) is 30.4 Å². The van der Waals surface area contributed by atoms with Crippen LogP contribution in [0.2, 0.25) is 0 Å². The average molecular weight is 431 g/mol. The van der Waals surface area contributed by atoms with Crippen LogP contribution < -0.4 is 5.32 Å². The second-order valence-corrected chi connectivity index (χ2v) is 7.13. The Hall–Kier alpha value is -3.93. The summed E-state index contributed by atoms with van der Waals surface area (Å²) in [6.07, 6.45) is 0.693. The van der Waals surface area contributed by atoms with Gasteiger partial charge in [-0.1, -0.05) is 72.8 Å². The van der Waals surface area contributed by atoms with Crippen molar-refractivity contribution in [1.29, 1.82) is 0 Å². The molecule has 3 aromatic rings. The Morgan fingerprint density at radius 1 is 0.750 bits per heavy atom. The second kappa shape index (κ2) is 11.5. The monoisotopic (exact) mass is 431 g/mol. The van der Waals surface area contributed by atoms with Gasteiger partial charge in [-0.2, -0.15) is 0 Å². The normalized spacial score (nSPS) is 10.4. The lowest BCUT2D eigenvalue weighted by molar-refractivity contribution is -0.124. The molecule has 1 amide bonds. The van der Waals surface area contributed by atoms with Crippen LogP contribution in [0.15, 0.2) is 84.9 Å². The van der Waals surface area contributed by atoms with Gasteiger partial charge in [0.2, 0.25) is 0 Å². The van der Waals surface area contributed by atoms with Crippen LogP contribution >= 0.6 is 0 Å². The van der Waals surface area contributed by atoms with Crippen LogP contribution in [0, 0.1) is 0 Å². The van der Waals surface area contributed by atoms with Crippen LogP contribution in [0.5, 0.6) is 0 Å². The minimum Gasteiger partial charge on any atom is -0.465 e. The molecule has 0 aromatic heterocycles. The molecule has 0 aliphatic rings. The maximum Gasteiger partial charge on any atom is 0.339 e. The molecule has 1 N–H and O–H groups in total. The van der Waals surface area contributed by atoms with Crippen LogP contribution in [-0.2, 0) is 14.3 Å². The molecule has 6 nitrogen and oxygen atoms in total. The molecule has 0 spiro atoms. The van der Waals surface area contributed by atoms with Gasteiger partial charge in [-0.3, -0.25) is 4.79 Å². The van der Waals surface area contributed by atoms with Crippen molar-refractivity contribution >= 4 is 17.8 Å². The van der Waals surface area contributed by atoms with Gasteiger partial charge in [-0.15, -0.1) is 0 Å². The molecule has 0 unspecified atom stereocenters. The van der Waals surface area contributed by atoms with Gasteiger partial charge in [0, 0.05) is 12.5 Å². The molecular formula is C26H25NO5. The van der Waals surface area contributed by atoms with Crippen LogP contribution in [0.1, 0.15) is 44.2 Å². The Bertz CT molecular complexity index is 1010. The quantitative estimate of drug-likeness (QED) is 0.519. The number of carbonyl (C=O) groups excluding carboxylic acids is 3. The van der Waals surface area contributed by atoms with E-state index >= 15 is 0 Å². The molecule has 3 aromatic carbocycles. The van der Waals surface area contributed by atoms with E-state index < -0.39 is 24.5 Å². The fraction of sp³-hybridized carbons (Fsp3) is 0.192. The van der Waals surface area contributed by atoms with E-state index in [1.807, 2.05) is 36.4 Å². The zero-order valence-corrected chi connectivity index (χ0v) is 17.8. The first-order chi connectivity index (χ1) is 15.6. The van der Waals surface area contributed by atoms with Gasteiger partial charge >= 0.3 is 11.9 Å². The number of ether oxygens (including phenoxy) is 2. The summed E-state index contributed by atoms with van der Waals surface area (Å²) in [5.74, 6) is -1.68. The summed E-state index contributed by atoms with van der Waals surface area (Å²) in [4.78, 5) is 36.4. The van der Waals surface area contributed by atoms with Crippen molar-refractivity contribution in [2.45, 2.75) is 12.3 Å². The molecule has 0 fully saturated rings. The van der Waals surface area contributed by atoms with Crippen LogP contribution in [0.4, 0.5) is 0 Å². The third kappa shape index (κ3) is 6.04. The van der Waals surface area contributed by atoms with Crippen molar-refractivity contribution in [2.24, 2.45) is 0 Å². The molecule has 0 heterocycles. The number of rotatable bonds is 9. The Labute approximate surface area is 187 Å². The van der Waals surface area contributed by atoms with Crippen molar-refractivity contribution in [3.8, 4) is 0 Å². The minimum absolute atomic E-state index is 0.0559. The first-order valence-corrected chi connectivity index (χ1v) is 10.3. The number of esters is 2. The Balaban J connectivity index is 1.54. The van der Waals surface area contributed by atoms with Gasteiger partial charge in [-0.25, -0.2) is 9.59 Å². The lowest BCUT2D eigenvalue weighted by atomic mass is 9.88. The summed E-state index contributed by atoms with van der Waals surface area (Å²) in [6.45, 7) is -0.0146. The first-order valence-electron chi connectivity index (χ1n) is 10.3. The van der Waals surface area contributed by atoms with Gasteiger partial charge in [-0.05, 0) is 29.7 Å². The molecule has 0 radical (unpaired) electrons. The summed E-state index contributed by atoms with van der Waals surface area (Å²) < 4.78 is 9.77. The third-order valence-electron chi connectivity index (χ3n) is 5.05. The summed E-state index contributed by atoms with van der Waals surface area (Å²) in [5, 5.41) is 2.80. The van der Waals surface area contributed by atoms with E-state index in [2.05, 4.69) is 34.3 Å². The average Bonchev–Trinajstić information content (AvgIpc) is 2.85. The van der Waals surface area contributed by atoms with E-state index in [4.69, 9.17) is 4.74 Å². The number of amides is 1. The fourth-order valence-electron chi connectivity index (χ4n) is 3.46. The van der Waals surface area contributed by atoms with Crippen molar-refractivity contribution in [3.63, 3.8) is 0 Å². The number of methoxy groups -OCH3 is 1. The second-order valence-electron chi connectivity index (χ2n) is 7.13. The number of nitrogens with one attached hydrogen (secondary N) is 1. The van der Waals surface area contributed by atoms with Crippen molar-refractivity contribution < 1.29 is 23.9 Å². The van der Waals surface area contributed by atoms with Gasteiger partial charge in [0.05, 0.1) is 18.2 Å². The van der Waals surface area contributed by atoms with Crippen molar-refractivity contribution in [2.75, 3.05) is 20.3 Å². The molecule has 3 rings (SSSR count). The number of hydrogen-bond acceptors (Lipinski definition) is 5. The molecule has 32 heavy (non-hydrogen) atoms. The Kier molecular flexibility index (Phi) is 8.15. The van der Waals surface area contributed by atoms with Crippen LogP contribution in [0.3, 0.4) is 0 Å². The Morgan fingerprint density at radius 2 is 1.25 bits per heavy atom. The maximum absolute atomic E-state index is 12.3. The minimum atomic E-state index is -0.757. The smallest absolute Gasteiger partial charge is 0.339 e. The van der Waals surface area contributed by atoms with Crippen LogP contribution in [-0.4, -0.2) is 38.1 Å².